The monoisotopic (exact) mass is 210 g/mol. The lowest BCUT2D eigenvalue weighted by Gasteiger charge is -2.19. The lowest BCUT2D eigenvalue weighted by Crippen LogP contribution is -2.33. The van der Waals surface area contributed by atoms with Crippen molar-refractivity contribution in [2.24, 2.45) is 5.73 Å². The number of nitrogen functional groups attached to an aromatic ring is 1. The molecule has 5 N–H and O–H groups in total. The maximum atomic E-state index is 5.90. The summed E-state index contributed by atoms with van der Waals surface area (Å²) in [6.45, 7) is 0.728. The molecule has 14 heavy (non-hydrogen) atoms. The van der Waals surface area contributed by atoms with E-state index in [4.69, 9.17) is 23.1 Å². The van der Waals surface area contributed by atoms with Crippen molar-refractivity contribution in [1.82, 2.24) is 5.43 Å². The van der Waals surface area contributed by atoms with Gasteiger partial charge in [0.1, 0.15) is 5.82 Å². The molecule has 0 aliphatic carbocycles. The van der Waals surface area contributed by atoms with Gasteiger partial charge in [-0.25, -0.2) is 0 Å². The highest BCUT2D eigenvalue weighted by atomic mass is 35.5. The minimum Gasteiger partial charge on any atom is -0.398 e. The summed E-state index contributed by atoms with van der Waals surface area (Å²) in [5.41, 5.74) is 15.7. The van der Waals surface area contributed by atoms with Gasteiger partial charge < -0.3 is 11.5 Å². The van der Waals surface area contributed by atoms with Crippen molar-refractivity contribution in [3.63, 3.8) is 0 Å². The first-order chi connectivity index (χ1) is 6.66. The SMILES string of the molecule is NC1=CCN(c2ccc(N)c(Cl)c2)N1. The van der Waals surface area contributed by atoms with Gasteiger partial charge in [0.15, 0.2) is 0 Å². The van der Waals surface area contributed by atoms with Gasteiger partial charge in [0, 0.05) is 0 Å². The number of benzene rings is 1. The lowest BCUT2D eigenvalue weighted by atomic mass is 10.3. The summed E-state index contributed by atoms with van der Waals surface area (Å²) in [7, 11) is 0. The Morgan fingerprint density at radius 2 is 2.14 bits per heavy atom. The molecule has 0 aromatic heterocycles. The van der Waals surface area contributed by atoms with Gasteiger partial charge in [-0.05, 0) is 24.3 Å². The molecular weight excluding hydrogens is 200 g/mol. The smallest absolute Gasteiger partial charge is 0.113 e. The molecule has 74 valence electrons. The Morgan fingerprint density at radius 1 is 1.36 bits per heavy atom. The van der Waals surface area contributed by atoms with Gasteiger partial charge in [0.05, 0.1) is 22.9 Å². The van der Waals surface area contributed by atoms with Gasteiger partial charge in [-0.3, -0.25) is 10.4 Å². The molecule has 0 amide bonds. The maximum Gasteiger partial charge on any atom is 0.113 e. The van der Waals surface area contributed by atoms with E-state index >= 15 is 0 Å². The summed E-state index contributed by atoms with van der Waals surface area (Å²) < 4.78 is 0. The number of hydrogen-bond acceptors (Lipinski definition) is 4. The lowest BCUT2D eigenvalue weighted by molar-refractivity contribution is 0.797. The molecule has 4 nitrogen and oxygen atoms in total. The van der Waals surface area contributed by atoms with Crippen molar-refractivity contribution in [3.05, 3.63) is 35.1 Å². The molecule has 0 saturated heterocycles. The van der Waals surface area contributed by atoms with Gasteiger partial charge in [0.2, 0.25) is 0 Å². The van der Waals surface area contributed by atoms with Gasteiger partial charge in [-0.1, -0.05) is 11.6 Å². The minimum atomic E-state index is 0.551. The second-order valence-electron chi connectivity index (χ2n) is 3.09. The minimum absolute atomic E-state index is 0.551. The van der Waals surface area contributed by atoms with Crippen molar-refractivity contribution < 1.29 is 0 Å². The summed E-state index contributed by atoms with van der Waals surface area (Å²) in [5.74, 6) is 0.651. The Kier molecular flexibility index (Phi) is 2.13. The molecule has 1 aromatic carbocycles. The number of nitrogens with two attached hydrogens (primary N) is 2. The van der Waals surface area contributed by atoms with E-state index in [-0.39, 0.29) is 0 Å². The first-order valence-corrected chi connectivity index (χ1v) is 4.59. The van der Waals surface area contributed by atoms with Crippen LogP contribution in [0.15, 0.2) is 30.1 Å². The molecule has 5 heteroatoms. The highest BCUT2D eigenvalue weighted by Crippen LogP contribution is 2.25. The van der Waals surface area contributed by atoms with E-state index in [1.807, 2.05) is 17.2 Å². The average molecular weight is 211 g/mol. The van der Waals surface area contributed by atoms with Crippen LogP contribution in [0.1, 0.15) is 0 Å². The molecule has 2 rings (SSSR count). The standard InChI is InChI=1S/C9H11ClN4/c10-7-5-6(1-2-8(7)11)14-4-3-9(12)13-14/h1-3,5,13H,4,11-12H2. The summed E-state index contributed by atoms with van der Waals surface area (Å²) >= 11 is 5.90. The van der Waals surface area contributed by atoms with Crippen LogP contribution in [0.2, 0.25) is 5.02 Å². The molecule has 1 aromatic rings. The number of halogens is 1. The fraction of sp³-hybridized carbons (Fsp3) is 0.111. The van der Waals surface area contributed by atoms with Crippen molar-refractivity contribution in [3.8, 4) is 0 Å². The van der Waals surface area contributed by atoms with Gasteiger partial charge >= 0.3 is 0 Å². The van der Waals surface area contributed by atoms with Crippen molar-refractivity contribution in [2.75, 3.05) is 17.3 Å². The highest BCUT2D eigenvalue weighted by Gasteiger charge is 2.11. The van der Waals surface area contributed by atoms with Gasteiger partial charge in [-0.2, -0.15) is 0 Å². The summed E-state index contributed by atoms with van der Waals surface area (Å²) in [4.78, 5) is 0. The van der Waals surface area contributed by atoms with Crippen LogP contribution in [0.4, 0.5) is 11.4 Å². The first kappa shape index (κ1) is 9.02. The summed E-state index contributed by atoms with van der Waals surface area (Å²) in [6, 6.07) is 5.46. The van der Waals surface area contributed by atoms with Crippen LogP contribution in [-0.4, -0.2) is 6.54 Å². The van der Waals surface area contributed by atoms with Crippen molar-refractivity contribution in [2.45, 2.75) is 0 Å². The van der Waals surface area contributed by atoms with E-state index < -0.39 is 0 Å². The van der Waals surface area contributed by atoms with Crippen LogP contribution in [0.3, 0.4) is 0 Å². The molecule has 0 radical (unpaired) electrons. The Morgan fingerprint density at radius 3 is 2.71 bits per heavy atom. The van der Waals surface area contributed by atoms with E-state index in [0.29, 0.717) is 16.5 Å². The fourth-order valence-corrected chi connectivity index (χ4v) is 1.47. The van der Waals surface area contributed by atoms with E-state index in [2.05, 4.69) is 5.43 Å². The number of nitrogens with zero attached hydrogens (tertiary/aromatic N) is 1. The van der Waals surface area contributed by atoms with E-state index in [0.717, 1.165) is 12.2 Å². The number of anilines is 2. The second-order valence-corrected chi connectivity index (χ2v) is 3.49. The topological polar surface area (TPSA) is 67.3 Å². The molecule has 0 fully saturated rings. The number of rotatable bonds is 1. The van der Waals surface area contributed by atoms with Gasteiger partial charge in [-0.15, -0.1) is 0 Å². The average Bonchev–Trinajstić information content (AvgIpc) is 2.57. The molecule has 0 spiro atoms. The van der Waals surface area contributed by atoms with Crippen LogP contribution in [0.25, 0.3) is 0 Å². The quantitative estimate of drug-likeness (QED) is 0.606. The molecule has 0 atom stereocenters. The summed E-state index contributed by atoms with van der Waals surface area (Å²) in [6.07, 6.45) is 1.89. The molecular formula is C9H11ClN4. The van der Waals surface area contributed by atoms with E-state index in [1.165, 1.54) is 0 Å². The largest absolute Gasteiger partial charge is 0.398 e. The van der Waals surface area contributed by atoms with Crippen molar-refractivity contribution in [1.29, 1.82) is 0 Å². The Balaban J connectivity index is 2.22. The third-order valence-corrected chi connectivity index (χ3v) is 2.38. The zero-order valence-electron chi connectivity index (χ0n) is 7.50. The Hall–Kier alpha value is -1.55. The normalized spacial score (nSPS) is 15.2. The predicted octanol–water partition coefficient (Wildman–Crippen LogP) is 1.05. The molecule has 0 unspecified atom stereocenters. The van der Waals surface area contributed by atoms with Crippen molar-refractivity contribution >= 4 is 23.0 Å². The number of hydrazine groups is 1. The third-order valence-electron chi connectivity index (χ3n) is 2.05. The van der Waals surface area contributed by atoms with Crippen LogP contribution in [0, 0.1) is 0 Å². The Labute approximate surface area is 87.1 Å². The number of hydrogen-bond donors (Lipinski definition) is 3. The number of nitrogens with one attached hydrogen (secondary N) is 1. The second kappa shape index (κ2) is 3.31. The molecule has 1 aliphatic rings. The highest BCUT2D eigenvalue weighted by molar-refractivity contribution is 6.33. The van der Waals surface area contributed by atoms with Crippen LogP contribution < -0.4 is 21.9 Å². The zero-order chi connectivity index (χ0) is 10.1. The van der Waals surface area contributed by atoms with E-state index in [9.17, 15) is 0 Å². The Bertz CT molecular complexity index is 388. The van der Waals surface area contributed by atoms with Crippen LogP contribution in [0.5, 0.6) is 0 Å². The fourth-order valence-electron chi connectivity index (χ4n) is 1.29. The third kappa shape index (κ3) is 1.56. The molecule has 0 bridgehead atoms. The van der Waals surface area contributed by atoms with Crippen LogP contribution >= 0.6 is 11.6 Å². The maximum absolute atomic E-state index is 5.90. The first-order valence-electron chi connectivity index (χ1n) is 4.21. The van der Waals surface area contributed by atoms with E-state index in [1.54, 1.807) is 12.1 Å². The van der Waals surface area contributed by atoms with Gasteiger partial charge in [0.25, 0.3) is 0 Å². The molecule has 1 aliphatic heterocycles. The summed E-state index contributed by atoms with van der Waals surface area (Å²) in [5, 5.41) is 2.44. The molecule has 1 heterocycles. The zero-order valence-corrected chi connectivity index (χ0v) is 8.25. The predicted molar refractivity (Wildman–Crippen MR) is 58.6 cm³/mol. The van der Waals surface area contributed by atoms with Crippen LogP contribution in [-0.2, 0) is 0 Å². The molecule has 0 saturated carbocycles.